The summed E-state index contributed by atoms with van der Waals surface area (Å²) in [5.74, 6) is 0.711. The van der Waals surface area contributed by atoms with Crippen LogP contribution in [0.4, 0.5) is 0 Å². The van der Waals surface area contributed by atoms with Crippen molar-refractivity contribution >= 4 is 6.29 Å². The number of nitrogens with zero attached hydrogens (tertiary/aromatic N) is 3. The molecule has 0 N–H and O–H groups in total. The summed E-state index contributed by atoms with van der Waals surface area (Å²) in [7, 11) is 1.61. The molecule has 1 aromatic carbocycles. The second kappa shape index (κ2) is 6.13. The third-order valence-electron chi connectivity index (χ3n) is 2.99. The molecule has 0 saturated carbocycles. The topological polar surface area (TPSA) is 57.0 Å². The second-order valence-corrected chi connectivity index (χ2v) is 4.23. The van der Waals surface area contributed by atoms with Crippen molar-refractivity contribution in [2.45, 2.75) is 26.2 Å². The van der Waals surface area contributed by atoms with E-state index in [-0.39, 0.29) is 0 Å². The van der Waals surface area contributed by atoms with Crippen LogP contribution in [0.15, 0.2) is 24.3 Å². The zero-order chi connectivity index (χ0) is 13.7. The number of rotatable bonds is 6. The maximum Gasteiger partial charge on any atom is 0.172 e. The molecule has 0 spiro atoms. The fourth-order valence-corrected chi connectivity index (χ4v) is 1.98. The average molecular weight is 259 g/mol. The van der Waals surface area contributed by atoms with Crippen LogP contribution in [0.5, 0.6) is 5.75 Å². The molecule has 0 fully saturated rings. The number of carbonyl (C=O) groups excluding carboxylic acids is 1. The summed E-state index contributed by atoms with van der Waals surface area (Å²) in [6.45, 7) is 2.11. The van der Waals surface area contributed by atoms with E-state index in [0.717, 1.165) is 36.9 Å². The molecule has 0 aliphatic heterocycles. The smallest absolute Gasteiger partial charge is 0.172 e. The molecule has 1 aromatic heterocycles. The first kappa shape index (κ1) is 13.3. The molecule has 2 aromatic rings. The summed E-state index contributed by atoms with van der Waals surface area (Å²) in [5, 5.41) is 8.00. The molecule has 0 amide bonds. The molecule has 0 radical (unpaired) electrons. The molecular formula is C14H17N3O2. The Labute approximate surface area is 112 Å². The summed E-state index contributed by atoms with van der Waals surface area (Å²) >= 11 is 0. The molecule has 0 bridgehead atoms. The number of hydrogen-bond donors (Lipinski definition) is 0. The monoisotopic (exact) mass is 259 g/mol. The SMILES string of the molecule is CCCCc1c(C=O)nnn1-c1ccccc1OC. The van der Waals surface area contributed by atoms with Gasteiger partial charge in [0.2, 0.25) is 0 Å². The van der Waals surface area contributed by atoms with E-state index in [2.05, 4.69) is 17.2 Å². The highest BCUT2D eigenvalue weighted by atomic mass is 16.5. The van der Waals surface area contributed by atoms with Gasteiger partial charge in [0.05, 0.1) is 12.8 Å². The number of para-hydroxylation sites is 2. The number of unbranched alkanes of at least 4 members (excludes halogenated alkanes) is 1. The summed E-state index contributed by atoms with van der Waals surface area (Å²) in [6, 6.07) is 7.56. The standard InChI is InChI=1S/C14H17N3O2/c1-3-4-7-12-11(10-18)15-16-17(12)13-8-5-6-9-14(13)19-2/h5-6,8-10H,3-4,7H2,1-2H3. The Bertz CT molecular complexity index is 564. The van der Waals surface area contributed by atoms with Crippen LogP contribution in [0, 0.1) is 0 Å². The van der Waals surface area contributed by atoms with E-state index < -0.39 is 0 Å². The van der Waals surface area contributed by atoms with Crippen LogP contribution in [0.1, 0.15) is 35.9 Å². The van der Waals surface area contributed by atoms with Crippen LogP contribution in [0.2, 0.25) is 0 Å². The largest absolute Gasteiger partial charge is 0.494 e. The van der Waals surface area contributed by atoms with Crippen LogP contribution in [0.25, 0.3) is 5.69 Å². The lowest BCUT2D eigenvalue weighted by Crippen LogP contribution is -2.05. The van der Waals surface area contributed by atoms with Gasteiger partial charge in [-0.25, -0.2) is 4.68 Å². The van der Waals surface area contributed by atoms with Gasteiger partial charge in [0, 0.05) is 0 Å². The highest BCUT2D eigenvalue weighted by Gasteiger charge is 2.15. The van der Waals surface area contributed by atoms with Gasteiger partial charge >= 0.3 is 0 Å². The van der Waals surface area contributed by atoms with Gasteiger partial charge in [0.1, 0.15) is 17.1 Å². The molecule has 0 aliphatic rings. The number of carbonyl (C=O) groups is 1. The summed E-state index contributed by atoms with van der Waals surface area (Å²) in [5.41, 5.74) is 2.04. The number of aromatic nitrogens is 3. The van der Waals surface area contributed by atoms with Crippen LogP contribution in [0.3, 0.4) is 0 Å². The Morgan fingerprint density at radius 3 is 2.84 bits per heavy atom. The highest BCUT2D eigenvalue weighted by molar-refractivity contribution is 5.73. The lowest BCUT2D eigenvalue weighted by Gasteiger charge is -2.10. The lowest BCUT2D eigenvalue weighted by atomic mass is 10.1. The molecule has 0 aliphatic carbocycles. The first-order valence-corrected chi connectivity index (χ1v) is 6.35. The molecule has 0 saturated heterocycles. The van der Waals surface area contributed by atoms with Crippen molar-refractivity contribution < 1.29 is 9.53 Å². The van der Waals surface area contributed by atoms with Gasteiger partial charge < -0.3 is 4.74 Å². The molecule has 5 nitrogen and oxygen atoms in total. The highest BCUT2D eigenvalue weighted by Crippen LogP contribution is 2.23. The number of ether oxygens (including phenoxy) is 1. The number of benzene rings is 1. The van der Waals surface area contributed by atoms with Gasteiger partial charge in [-0.3, -0.25) is 4.79 Å². The van der Waals surface area contributed by atoms with Crippen LogP contribution in [-0.4, -0.2) is 28.4 Å². The Hall–Kier alpha value is -2.17. The van der Waals surface area contributed by atoms with E-state index in [0.29, 0.717) is 11.4 Å². The number of aldehydes is 1. The molecular weight excluding hydrogens is 242 g/mol. The third kappa shape index (κ3) is 2.65. The Balaban J connectivity index is 2.49. The van der Waals surface area contributed by atoms with Crippen molar-refractivity contribution in [3.63, 3.8) is 0 Å². The fourth-order valence-electron chi connectivity index (χ4n) is 1.98. The van der Waals surface area contributed by atoms with E-state index in [9.17, 15) is 4.79 Å². The minimum atomic E-state index is 0.402. The quantitative estimate of drug-likeness (QED) is 0.748. The van der Waals surface area contributed by atoms with Gasteiger partial charge in [-0.15, -0.1) is 5.10 Å². The van der Waals surface area contributed by atoms with Crippen molar-refractivity contribution in [2.75, 3.05) is 7.11 Å². The van der Waals surface area contributed by atoms with E-state index in [4.69, 9.17) is 4.74 Å². The average Bonchev–Trinajstić information content (AvgIpc) is 2.87. The van der Waals surface area contributed by atoms with Crippen molar-refractivity contribution in [1.29, 1.82) is 0 Å². The molecule has 0 atom stereocenters. The molecule has 0 unspecified atom stereocenters. The van der Waals surface area contributed by atoms with E-state index >= 15 is 0 Å². The molecule has 19 heavy (non-hydrogen) atoms. The van der Waals surface area contributed by atoms with Gasteiger partial charge in [0.15, 0.2) is 6.29 Å². The summed E-state index contributed by atoms with van der Waals surface area (Å²) in [4.78, 5) is 11.0. The molecule has 1 heterocycles. The van der Waals surface area contributed by atoms with Crippen molar-refractivity contribution in [3.8, 4) is 11.4 Å². The van der Waals surface area contributed by atoms with Gasteiger partial charge in [-0.05, 0) is 25.0 Å². The van der Waals surface area contributed by atoms with Gasteiger partial charge in [-0.2, -0.15) is 0 Å². The zero-order valence-corrected chi connectivity index (χ0v) is 11.2. The fraction of sp³-hybridized carbons (Fsp3) is 0.357. The first-order chi connectivity index (χ1) is 9.31. The predicted molar refractivity (Wildman–Crippen MR) is 71.9 cm³/mol. The van der Waals surface area contributed by atoms with Gasteiger partial charge in [0.25, 0.3) is 0 Å². The summed E-state index contributed by atoms with van der Waals surface area (Å²) < 4.78 is 7.02. The Morgan fingerprint density at radius 2 is 2.16 bits per heavy atom. The Morgan fingerprint density at radius 1 is 1.37 bits per heavy atom. The molecule has 5 heteroatoms. The van der Waals surface area contributed by atoms with E-state index in [1.807, 2.05) is 24.3 Å². The number of methoxy groups -OCH3 is 1. The van der Waals surface area contributed by atoms with Crippen LogP contribution >= 0.6 is 0 Å². The van der Waals surface area contributed by atoms with Crippen LogP contribution in [-0.2, 0) is 6.42 Å². The maximum absolute atomic E-state index is 11.0. The zero-order valence-electron chi connectivity index (χ0n) is 11.2. The van der Waals surface area contributed by atoms with E-state index in [1.54, 1.807) is 11.8 Å². The second-order valence-electron chi connectivity index (χ2n) is 4.23. The predicted octanol–water partition coefficient (Wildman–Crippen LogP) is 2.43. The maximum atomic E-state index is 11.0. The normalized spacial score (nSPS) is 10.4. The number of hydrogen-bond acceptors (Lipinski definition) is 4. The van der Waals surface area contributed by atoms with E-state index in [1.165, 1.54) is 0 Å². The third-order valence-corrected chi connectivity index (χ3v) is 2.99. The lowest BCUT2D eigenvalue weighted by molar-refractivity contribution is 0.111. The first-order valence-electron chi connectivity index (χ1n) is 6.35. The Kier molecular flexibility index (Phi) is 4.28. The summed E-state index contributed by atoms with van der Waals surface area (Å²) in [6.07, 6.45) is 3.57. The molecule has 100 valence electrons. The van der Waals surface area contributed by atoms with Gasteiger partial charge in [-0.1, -0.05) is 30.7 Å². The molecule has 2 rings (SSSR count). The van der Waals surface area contributed by atoms with Crippen molar-refractivity contribution in [2.24, 2.45) is 0 Å². The van der Waals surface area contributed by atoms with Crippen molar-refractivity contribution in [1.82, 2.24) is 15.0 Å². The van der Waals surface area contributed by atoms with Crippen molar-refractivity contribution in [3.05, 3.63) is 35.7 Å². The van der Waals surface area contributed by atoms with Crippen LogP contribution < -0.4 is 4.74 Å². The minimum Gasteiger partial charge on any atom is -0.494 e. The minimum absolute atomic E-state index is 0.402.